The van der Waals surface area contributed by atoms with Crippen LogP contribution in [0, 0.1) is 0 Å². The molecule has 0 saturated carbocycles. The van der Waals surface area contributed by atoms with Crippen molar-refractivity contribution in [1.82, 2.24) is 4.90 Å². The SMILES string of the molecule is O=C(O)Cc1cccc2c1CCN(C(=O)OCc1ccccc1)C2. The van der Waals surface area contributed by atoms with Gasteiger partial charge in [0.15, 0.2) is 0 Å². The summed E-state index contributed by atoms with van der Waals surface area (Å²) in [7, 11) is 0. The summed E-state index contributed by atoms with van der Waals surface area (Å²) < 4.78 is 5.37. The highest BCUT2D eigenvalue weighted by Crippen LogP contribution is 2.23. The lowest BCUT2D eigenvalue weighted by atomic mass is 9.93. The topological polar surface area (TPSA) is 66.8 Å². The molecule has 5 nitrogen and oxygen atoms in total. The van der Waals surface area contributed by atoms with Crippen LogP contribution in [0.2, 0.25) is 0 Å². The quantitative estimate of drug-likeness (QED) is 0.938. The number of carboxylic acids is 1. The van der Waals surface area contributed by atoms with Gasteiger partial charge in [-0.25, -0.2) is 4.79 Å². The number of carboxylic acid groups (broad SMARTS) is 1. The molecule has 1 aliphatic rings. The molecule has 0 aromatic heterocycles. The third-order valence-corrected chi connectivity index (χ3v) is 4.17. The lowest BCUT2D eigenvalue weighted by Gasteiger charge is -2.29. The number of carbonyl (C=O) groups excluding carboxylic acids is 1. The van der Waals surface area contributed by atoms with Gasteiger partial charge in [0.05, 0.1) is 6.42 Å². The first-order chi connectivity index (χ1) is 11.6. The van der Waals surface area contributed by atoms with Crippen LogP contribution in [0.25, 0.3) is 0 Å². The number of benzene rings is 2. The van der Waals surface area contributed by atoms with Crippen LogP contribution < -0.4 is 0 Å². The minimum Gasteiger partial charge on any atom is -0.481 e. The maximum Gasteiger partial charge on any atom is 0.410 e. The van der Waals surface area contributed by atoms with Gasteiger partial charge in [-0.1, -0.05) is 48.5 Å². The van der Waals surface area contributed by atoms with Crippen molar-refractivity contribution in [3.8, 4) is 0 Å². The van der Waals surface area contributed by atoms with Crippen molar-refractivity contribution in [2.75, 3.05) is 6.54 Å². The van der Waals surface area contributed by atoms with Gasteiger partial charge >= 0.3 is 12.1 Å². The van der Waals surface area contributed by atoms with E-state index in [1.54, 1.807) is 4.90 Å². The summed E-state index contributed by atoms with van der Waals surface area (Å²) in [5, 5.41) is 9.00. The molecule has 1 amide bonds. The molecule has 0 spiro atoms. The van der Waals surface area contributed by atoms with Crippen molar-refractivity contribution in [1.29, 1.82) is 0 Å². The lowest BCUT2D eigenvalue weighted by Crippen LogP contribution is -2.36. The molecular formula is C19H19NO4. The Morgan fingerprint density at radius 2 is 1.88 bits per heavy atom. The van der Waals surface area contributed by atoms with Crippen LogP contribution in [0.4, 0.5) is 4.79 Å². The Balaban J connectivity index is 1.64. The number of hydrogen-bond acceptors (Lipinski definition) is 3. The summed E-state index contributed by atoms with van der Waals surface area (Å²) in [5.41, 5.74) is 3.83. The molecule has 1 aliphatic heterocycles. The fourth-order valence-electron chi connectivity index (χ4n) is 2.98. The van der Waals surface area contributed by atoms with E-state index in [1.807, 2.05) is 48.5 Å². The number of hydrogen-bond donors (Lipinski definition) is 1. The predicted octanol–water partition coefficient (Wildman–Crippen LogP) is 3.01. The smallest absolute Gasteiger partial charge is 0.410 e. The zero-order valence-corrected chi connectivity index (χ0v) is 13.3. The third kappa shape index (κ3) is 3.74. The fraction of sp³-hybridized carbons (Fsp3) is 0.263. The number of fused-ring (bicyclic) bond motifs is 1. The first kappa shape index (κ1) is 16.1. The second-order valence-corrected chi connectivity index (χ2v) is 5.84. The van der Waals surface area contributed by atoms with E-state index in [0.29, 0.717) is 19.5 Å². The third-order valence-electron chi connectivity index (χ3n) is 4.17. The molecule has 0 bridgehead atoms. The van der Waals surface area contributed by atoms with Crippen LogP contribution in [0.15, 0.2) is 48.5 Å². The van der Waals surface area contributed by atoms with E-state index in [-0.39, 0.29) is 19.1 Å². The summed E-state index contributed by atoms with van der Waals surface area (Å²) >= 11 is 0. The number of rotatable bonds is 4. The molecule has 0 atom stereocenters. The molecule has 3 rings (SSSR count). The van der Waals surface area contributed by atoms with Crippen LogP contribution in [-0.4, -0.2) is 28.6 Å². The minimum absolute atomic E-state index is 0.0155. The van der Waals surface area contributed by atoms with E-state index in [2.05, 4.69) is 0 Å². The largest absolute Gasteiger partial charge is 0.481 e. The van der Waals surface area contributed by atoms with Crippen LogP contribution in [0.3, 0.4) is 0 Å². The van der Waals surface area contributed by atoms with E-state index in [9.17, 15) is 9.59 Å². The normalized spacial score (nSPS) is 13.2. The molecular weight excluding hydrogens is 306 g/mol. The number of amides is 1. The Morgan fingerprint density at radius 1 is 1.08 bits per heavy atom. The number of carbonyl (C=O) groups is 2. The van der Waals surface area contributed by atoms with Gasteiger partial charge in [-0.2, -0.15) is 0 Å². The van der Waals surface area contributed by atoms with Crippen molar-refractivity contribution in [2.24, 2.45) is 0 Å². The average Bonchev–Trinajstić information content (AvgIpc) is 2.60. The summed E-state index contributed by atoms with van der Waals surface area (Å²) in [6, 6.07) is 15.2. The Kier molecular flexibility index (Phi) is 4.79. The van der Waals surface area contributed by atoms with Crippen LogP contribution in [0.5, 0.6) is 0 Å². The lowest BCUT2D eigenvalue weighted by molar-refractivity contribution is -0.136. The van der Waals surface area contributed by atoms with Crippen molar-refractivity contribution in [3.05, 3.63) is 70.8 Å². The highest BCUT2D eigenvalue weighted by molar-refractivity contribution is 5.71. The standard InChI is InChI=1S/C19H19NO4/c21-18(22)11-15-7-4-8-16-12-20(10-9-17(15)16)19(23)24-13-14-5-2-1-3-6-14/h1-8H,9-13H2,(H,21,22). The van der Waals surface area contributed by atoms with Crippen molar-refractivity contribution >= 4 is 12.1 Å². The zero-order valence-electron chi connectivity index (χ0n) is 13.3. The molecule has 0 fully saturated rings. The van der Waals surface area contributed by atoms with Crippen molar-refractivity contribution in [3.63, 3.8) is 0 Å². The van der Waals surface area contributed by atoms with Gasteiger partial charge < -0.3 is 14.7 Å². The highest BCUT2D eigenvalue weighted by Gasteiger charge is 2.23. The maximum atomic E-state index is 12.3. The Bertz CT molecular complexity index is 742. The molecule has 5 heteroatoms. The van der Waals surface area contributed by atoms with Gasteiger partial charge in [0, 0.05) is 13.1 Å². The summed E-state index contributed by atoms with van der Waals surface area (Å²) in [6.07, 6.45) is 0.328. The molecule has 0 saturated heterocycles. The summed E-state index contributed by atoms with van der Waals surface area (Å²) in [6.45, 7) is 1.25. The van der Waals surface area contributed by atoms with Crippen LogP contribution in [0.1, 0.15) is 22.3 Å². The molecule has 2 aromatic carbocycles. The van der Waals surface area contributed by atoms with Crippen molar-refractivity contribution in [2.45, 2.75) is 26.0 Å². The molecule has 0 unspecified atom stereocenters. The molecule has 0 radical (unpaired) electrons. The summed E-state index contributed by atoms with van der Waals surface area (Å²) in [4.78, 5) is 24.9. The first-order valence-corrected chi connectivity index (χ1v) is 7.90. The monoisotopic (exact) mass is 325 g/mol. The molecule has 1 heterocycles. The molecule has 24 heavy (non-hydrogen) atoms. The number of aliphatic carboxylic acids is 1. The van der Waals surface area contributed by atoms with E-state index < -0.39 is 5.97 Å². The Hall–Kier alpha value is -2.82. The Morgan fingerprint density at radius 3 is 2.62 bits per heavy atom. The van der Waals surface area contributed by atoms with E-state index in [0.717, 1.165) is 22.3 Å². The Labute approximate surface area is 140 Å². The van der Waals surface area contributed by atoms with Gasteiger partial charge in [0.1, 0.15) is 6.61 Å². The van der Waals surface area contributed by atoms with Gasteiger partial charge in [0.2, 0.25) is 0 Å². The zero-order chi connectivity index (χ0) is 16.9. The van der Waals surface area contributed by atoms with Crippen LogP contribution in [-0.2, 0) is 35.5 Å². The minimum atomic E-state index is -0.840. The van der Waals surface area contributed by atoms with Gasteiger partial charge in [-0.15, -0.1) is 0 Å². The van der Waals surface area contributed by atoms with E-state index in [1.165, 1.54) is 0 Å². The van der Waals surface area contributed by atoms with Crippen molar-refractivity contribution < 1.29 is 19.4 Å². The highest BCUT2D eigenvalue weighted by atomic mass is 16.6. The molecule has 2 aromatic rings. The van der Waals surface area contributed by atoms with Gasteiger partial charge in [0.25, 0.3) is 0 Å². The second-order valence-electron chi connectivity index (χ2n) is 5.84. The fourth-order valence-corrected chi connectivity index (χ4v) is 2.98. The van der Waals surface area contributed by atoms with Crippen LogP contribution >= 0.6 is 0 Å². The number of ether oxygens (including phenoxy) is 1. The van der Waals surface area contributed by atoms with Gasteiger partial charge in [-0.3, -0.25) is 4.79 Å². The molecule has 0 aliphatic carbocycles. The van der Waals surface area contributed by atoms with E-state index >= 15 is 0 Å². The predicted molar refractivity (Wildman–Crippen MR) is 88.5 cm³/mol. The summed E-state index contributed by atoms with van der Waals surface area (Å²) in [5.74, 6) is -0.840. The molecule has 1 N–H and O–H groups in total. The van der Waals surface area contributed by atoms with E-state index in [4.69, 9.17) is 9.84 Å². The number of nitrogens with zero attached hydrogens (tertiary/aromatic N) is 1. The average molecular weight is 325 g/mol. The maximum absolute atomic E-state index is 12.3. The molecule has 124 valence electrons. The first-order valence-electron chi connectivity index (χ1n) is 7.90. The van der Waals surface area contributed by atoms with Gasteiger partial charge in [-0.05, 0) is 28.7 Å². The second kappa shape index (κ2) is 7.17.